The molecule has 0 bridgehead atoms. The van der Waals surface area contributed by atoms with E-state index in [1.807, 2.05) is 0 Å². The maximum atomic E-state index is 5.73. The molecule has 1 atom stereocenters. The quantitative estimate of drug-likeness (QED) is 0.773. The Labute approximate surface area is 113 Å². The number of aromatic nitrogens is 2. The van der Waals surface area contributed by atoms with Crippen LogP contribution in [0.15, 0.2) is 6.07 Å². The molecule has 1 aliphatic rings. The number of anilines is 2. The molecule has 1 aromatic rings. The van der Waals surface area contributed by atoms with Crippen molar-refractivity contribution in [2.75, 3.05) is 51.4 Å². The molecule has 3 N–H and O–H groups in total. The van der Waals surface area contributed by atoms with Crippen molar-refractivity contribution in [3.8, 4) is 0 Å². The van der Waals surface area contributed by atoms with Crippen molar-refractivity contribution >= 4 is 11.6 Å². The summed E-state index contributed by atoms with van der Waals surface area (Å²) in [6.07, 6.45) is 0.167. The lowest BCUT2D eigenvalue weighted by Crippen LogP contribution is -2.43. The highest BCUT2D eigenvalue weighted by atomic mass is 16.5. The van der Waals surface area contributed by atoms with Crippen LogP contribution in [0.1, 0.15) is 5.82 Å². The number of ether oxygens (including phenoxy) is 2. The maximum Gasteiger partial charge on any atom is 0.158 e. The van der Waals surface area contributed by atoms with E-state index < -0.39 is 0 Å². The van der Waals surface area contributed by atoms with Crippen LogP contribution in [-0.2, 0) is 16.1 Å². The number of nitrogen functional groups attached to an aromatic ring is 1. The molecular weight excluding hydrogens is 246 g/mol. The van der Waals surface area contributed by atoms with Gasteiger partial charge in [-0.2, -0.15) is 0 Å². The van der Waals surface area contributed by atoms with E-state index in [0.717, 1.165) is 19.7 Å². The van der Waals surface area contributed by atoms with Gasteiger partial charge < -0.3 is 25.4 Å². The van der Waals surface area contributed by atoms with E-state index in [2.05, 4.69) is 27.2 Å². The van der Waals surface area contributed by atoms with E-state index >= 15 is 0 Å². The number of morpholine rings is 1. The van der Waals surface area contributed by atoms with E-state index in [-0.39, 0.29) is 6.10 Å². The Morgan fingerprint density at radius 2 is 2.42 bits per heavy atom. The van der Waals surface area contributed by atoms with Gasteiger partial charge in [-0.15, -0.1) is 0 Å². The molecule has 7 nitrogen and oxygen atoms in total. The third kappa shape index (κ3) is 4.30. The lowest BCUT2D eigenvalue weighted by Gasteiger charge is -2.30. The summed E-state index contributed by atoms with van der Waals surface area (Å²) in [6, 6.07) is 1.71. The zero-order valence-corrected chi connectivity index (χ0v) is 11.4. The van der Waals surface area contributed by atoms with Crippen LogP contribution in [0.4, 0.5) is 11.6 Å². The highest BCUT2D eigenvalue weighted by Gasteiger charge is 2.17. The van der Waals surface area contributed by atoms with Crippen LogP contribution in [0.5, 0.6) is 0 Å². The second-order valence-electron chi connectivity index (χ2n) is 4.66. The Morgan fingerprint density at radius 1 is 1.58 bits per heavy atom. The average molecular weight is 267 g/mol. The van der Waals surface area contributed by atoms with Gasteiger partial charge in [-0.05, 0) is 7.05 Å². The monoisotopic (exact) mass is 267 g/mol. The van der Waals surface area contributed by atoms with Crippen molar-refractivity contribution < 1.29 is 9.47 Å². The summed E-state index contributed by atoms with van der Waals surface area (Å²) in [5.41, 5.74) is 5.73. The lowest BCUT2D eigenvalue weighted by molar-refractivity contribution is -0.0117. The first-order valence-corrected chi connectivity index (χ1v) is 6.34. The standard InChI is InChI=1S/C12H21N5O2/c1-17-3-4-19-9(7-17)6-14-11-5-10(13)15-12(16-11)8-18-2/h5,9H,3-4,6-8H2,1-2H3,(H3,13,14,15,16). The number of hydrogen-bond acceptors (Lipinski definition) is 7. The lowest BCUT2D eigenvalue weighted by atomic mass is 10.3. The summed E-state index contributed by atoms with van der Waals surface area (Å²) < 4.78 is 10.7. The molecule has 1 saturated heterocycles. The van der Waals surface area contributed by atoms with Crippen LogP contribution < -0.4 is 11.1 Å². The summed E-state index contributed by atoms with van der Waals surface area (Å²) in [6.45, 7) is 3.72. The number of rotatable bonds is 5. The predicted octanol–water partition coefficient (Wildman–Crippen LogP) is -0.0523. The van der Waals surface area contributed by atoms with Gasteiger partial charge in [-0.25, -0.2) is 9.97 Å². The number of hydrogen-bond donors (Lipinski definition) is 2. The molecule has 7 heteroatoms. The van der Waals surface area contributed by atoms with E-state index in [1.54, 1.807) is 13.2 Å². The van der Waals surface area contributed by atoms with Crippen LogP contribution in [0.3, 0.4) is 0 Å². The van der Waals surface area contributed by atoms with Gasteiger partial charge in [-0.1, -0.05) is 0 Å². The largest absolute Gasteiger partial charge is 0.384 e. The minimum absolute atomic E-state index is 0.167. The fourth-order valence-corrected chi connectivity index (χ4v) is 2.01. The Kier molecular flexibility index (Phi) is 4.89. The van der Waals surface area contributed by atoms with Gasteiger partial charge in [0.1, 0.15) is 18.2 Å². The van der Waals surface area contributed by atoms with Crippen LogP contribution in [-0.4, -0.2) is 61.4 Å². The van der Waals surface area contributed by atoms with Crippen LogP contribution >= 0.6 is 0 Å². The number of nitrogens with one attached hydrogen (secondary N) is 1. The molecule has 1 aliphatic heterocycles. The second kappa shape index (κ2) is 6.65. The molecule has 0 amide bonds. The molecule has 2 heterocycles. The number of methoxy groups -OCH3 is 1. The molecular formula is C12H21N5O2. The summed E-state index contributed by atoms with van der Waals surface area (Å²) in [5, 5.41) is 3.24. The number of nitrogens with zero attached hydrogens (tertiary/aromatic N) is 3. The first-order chi connectivity index (χ1) is 9.17. The molecule has 0 aliphatic carbocycles. The molecule has 0 saturated carbocycles. The zero-order valence-electron chi connectivity index (χ0n) is 11.4. The van der Waals surface area contributed by atoms with Gasteiger partial charge in [0.05, 0.1) is 12.7 Å². The average Bonchev–Trinajstić information content (AvgIpc) is 2.36. The Bertz CT molecular complexity index is 415. The minimum Gasteiger partial charge on any atom is -0.384 e. The van der Waals surface area contributed by atoms with Gasteiger partial charge in [0, 0.05) is 32.8 Å². The van der Waals surface area contributed by atoms with E-state index in [0.29, 0.717) is 30.6 Å². The summed E-state index contributed by atoms with van der Waals surface area (Å²) in [5.74, 6) is 1.72. The van der Waals surface area contributed by atoms with Crippen molar-refractivity contribution in [3.63, 3.8) is 0 Å². The van der Waals surface area contributed by atoms with E-state index in [9.17, 15) is 0 Å². The normalized spacial score (nSPS) is 20.4. The highest BCUT2D eigenvalue weighted by molar-refractivity contribution is 5.44. The molecule has 0 spiro atoms. The molecule has 1 fully saturated rings. The van der Waals surface area contributed by atoms with E-state index in [1.165, 1.54) is 0 Å². The van der Waals surface area contributed by atoms with Crippen LogP contribution in [0.2, 0.25) is 0 Å². The van der Waals surface area contributed by atoms with Crippen molar-refractivity contribution in [2.45, 2.75) is 12.7 Å². The number of nitrogens with two attached hydrogens (primary N) is 1. The predicted molar refractivity (Wildman–Crippen MR) is 72.9 cm³/mol. The Morgan fingerprint density at radius 3 is 3.16 bits per heavy atom. The maximum absolute atomic E-state index is 5.73. The van der Waals surface area contributed by atoms with Gasteiger partial charge >= 0.3 is 0 Å². The van der Waals surface area contributed by atoms with Crippen LogP contribution in [0.25, 0.3) is 0 Å². The summed E-state index contributed by atoms with van der Waals surface area (Å²) in [4.78, 5) is 10.7. The van der Waals surface area contributed by atoms with Gasteiger partial charge in [-0.3, -0.25) is 0 Å². The third-order valence-corrected chi connectivity index (χ3v) is 2.92. The van der Waals surface area contributed by atoms with Gasteiger partial charge in [0.25, 0.3) is 0 Å². The Balaban J connectivity index is 1.91. The van der Waals surface area contributed by atoms with Crippen molar-refractivity contribution in [2.24, 2.45) is 0 Å². The SMILES string of the molecule is COCc1nc(N)cc(NCC2CN(C)CCO2)n1. The molecule has 0 aromatic carbocycles. The fourth-order valence-electron chi connectivity index (χ4n) is 2.01. The van der Waals surface area contributed by atoms with Crippen molar-refractivity contribution in [3.05, 3.63) is 11.9 Å². The van der Waals surface area contributed by atoms with Gasteiger partial charge in [0.15, 0.2) is 5.82 Å². The second-order valence-corrected chi connectivity index (χ2v) is 4.66. The highest BCUT2D eigenvalue weighted by Crippen LogP contribution is 2.10. The minimum atomic E-state index is 0.167. The molecule has 2 rings (SSSR count). The van der Waals surface area contributed by atoms with Crippen molar-refractivity contribution in [1.82, 2.24) is 14.9 Å². The molecule has 0 radical (unpaired) electrons. The topological polar surface area (TPSA) is 85.5 Å². The summed E-state index contributed by atoms with van der Waals surface area (Å²) >= 11 is 0. The third-order valence-electron chi connectivity index (χ3n) is 2.92. The molecule has 106 valence electrons. The molecule has 1 aromatic heterocycles. The smallest absolute Gasteiger partial charge is 0.158 e. The Hall–Kier alpha value is -1.44. The van der Waals surface area contributed by atoms with Crippen molar-refractivity contribution in [1.29, 1.82) is 0 Å². The zero-order chi connectivity index (χ0) is 13.7. The first kappa shape index (κ1) is 14.0. The number of likely N-dealkylation sites (N-methyl/N-ethyl adjacent to an activating group) is 1. The summed E-state index contributed by atoms with van der Waals surface area (Å²) in [7, 11) is 3.69. The van der Waals surface area contributed by atoms with Gasteiger partial charge in [0.2, 0.25) is 0 Å². The molecule has 1 unspecified atom stereocenters. The van der Waals surface area contributed by atoms with Crippen LogP contribution in [0, 0.1) is 0 Å². The fraction of sp³-hybridized carbons (Fsp3) is 0.667. The van der Waals surface area contributed by atoms with E-state index in [4.69, 9.17) is 15.2 Å². The molecule has 19 heavy (non-hydrogen) atoms. The first-order valence-electron chi connectivity index (χ1n) is 6.34.